The molecular weight excluding hydrogens is 276 g/mol. The molecule has 120 valence electrons. The quantitative estimate of drug-likeness (QED) is 0.297. The minimum absolute atomic E-state index is 0.295. The summed E-state index contributed by atoms with van der Waals surface area (Å²) in [5.41, 5.74) is 0.295. The molecule has 20 heavy (non-hydrogen) atoms. The molecule has 0 aromatic heterocycles. The van der Waals surface area contributed by atoms with Crippen LogP contribution < -0.4 is 0 Å². The normalized spacial score (nSPS) is 20.1. The second-order valence-corrected chi connectivity index (χ2v) is 8.03. The Morgan fingerprint density at radius 2 is 1.65 bits per heavy atom. The van der Waals surface area contributed by atoms with Crippen molar-refractivity contribution in [2.24, 2.45) is 0 Å². The molecule has 1 rings (SSSR count). The smallest absolute Gasteiger partial charge is 0.379 e. The molecule has 1 aliphatic heterocycles. The van der Waals surface area contributed by atoms with Gasteiger partial charge in [-0.15, -0.1) is 0 Å². The Bertz CT molecular complexity index is 231. The van der Waals surface area contributed by atoms with Gasteiger partial charge in [-0.1, -0.05) is 6.92 Å². The SMILES string of the molecule is CCO[Si](OCC)(OCC)C(C)CCCOCC1CO1. The van der Waals surface area contributed by atoms with Crippen LogP contribution in [0.15, 0.2) is 0 Å². The van der Waals surface area contributed by atoms with Crippen molar-refractivity contribution in [3.63, 3.8) is 0 Å². The fourth-order valence-electron chi connectivity index (χ4n) is 2.20. The van der Waals surface area contributed by atoms with Gasteiger partial charge in [-0.3, -0.25) is 0 Å². The lowest BCUT2D eigenvalue weighted by molar-refractivity contribution is 0.0591. The summed E-state index contributed by atoms with van der Waals surface area (Å²) in [6.07, 6.45) is 2.34. The van der Waals surface area contributed by atoms with Gasteiger partial charge in [0.25, 0.3) is 0 Å². The van der Waals surface area contributed by atoms with Crippen molar-refractivity contribution in [3.8, 4) is 0 Å². The van der Waals surface area contributed by atoms with Gasteiger partial charge in [0.1, 0.15) is 6.10 Å². The molecule has 6 heteroatoms. The molecule has 2 unspecified atom stereocenters. The standard InChI is InChI=1S/C14H30O5Si/c1-5-17-20(18-6-2,19-7-3)13(4)9-8-10-15-11-14-12-16-14/h13-14H,5-12H2,1-4H3. The summed E-state index contributed by atoms with van der Waals surface area (Å²) in [7, 11) is -2.55. The van der Waals surface area contributed by atoms with Crippen LogP contribution in [-0.2, 0) is 22.8 Å². The lowest BCUT2D eigenvalue weighted by Crippen LogP contribution is -2.49. The van der Waals surface area contributed by atoms with E-state index in [-0.39, 0.29) is 0 Å². The topological polar surface area (TPSA) is 49.5 Å². The molecule has 0 radical (unpaired) electrons. The summed E-state index contributed by atoms with van der Waals surface area (Å²) in [6.45, 7) is 12.4. The summed E-state index contributed by atoms with van der Waals surface area (Å²) >= 11 is 0. The first-order valence-electron chi connectivity index (χ1n) is 7.79. The van der Waals surface area contributed by atoms with Crippen molar-refractivity contribution >= 4 is 8.80 Å². The fraction of sp³-hybridized carbons (Fsp3) is 1.00. The lowest BCUT2D eigenvalue weighted by Gasteiger charge is -2.33. The van der Waals surface area contributed by atoms with Gasteiger partial charge in [-0.05, 0) is 33.6 Å². The first kappa shape index (κ1) is 18.1. The third-order valence-corrected chi connectivity index (χ3v) is 6.84. The average molecular weight is 306 g/mol. The van der Waals surface area contributed by atoms with E-state index in [9.17, 15) is 0 Å². The van der Waals surface area contributed by atoms with E-state index >= 15 is 0 Å². The number of hydrogen-bond donors (Lipinski definition) is 0. The molecule has 5 nitrogen and oxygen atoms in total. The predicted octanol–water partition coefficient (Wildman–Crippen LogP) is 2.62. The van der Waals surface area contributed by atoms with E-state index in [1.165, 1.54) is 0 Å². The zero-order chi connectivity index (χ0) is 14.8. The van der Waals surface area contributed by atoms with Crippen LogP contribution in [-0.4, -0.2) is 54.5 Å². The van der Waals surface area contributed by atoms with Gasteiger partial charge in [-0.2, -0.15) is 0 Å². The summed E-state index contributed by atoms with van der Waals surface area (Å²) in [5, 5.41) is 0. The number of epoxide rings is 1. The van der Waals surface area contributed by atoms with Gasteiger partial charge in [0, 0.05) is 32.0 Å². The summed E-state index contributed by atoms with van der Waals surface area (Å²) in [6, 6.07) is 0. The van der Waals surface area contributed by atoms with Gasteiger partial charge < -0.3 is 22.8 Å². The van der Waals surface area contributed by atoms with Crippen LogP contribution in [0.25, 0.3) is 0 Å². The van der Waals surface area contributed by atoms with E-state index in [2.05, 4.69) is 6.92 Å². The van der Waals surface area contributed by atoms with E-state index in [4.69, 9.17) is 22.8 Å². The summed E-state index contributed by atoms with van der Waals surface area (Å²) in [4.78, 5) is 0. The number of ether oxygens (including phenoxy) is 2. The van der Waals surface area contributed by atoms with Crippen molar-refractivity contribution < 1.29 is 22.8 Å². The maximum absolute atomic E-state index is 5.91. The highest BCUT2D eigenvalue weighted by Gasteiger charge is 2.46. The molecular formula is C14H30O5Si. The van der Waals surface area contributed by atoms with Gasteiger partial charge in [0.15, 0.2) is 0 Å². The van der Waals surface area contributed by atoms with Crippen LogP contribution >= 0.6 is 0 Å². The Hall–Kier alpha value is 0.0169. The van der Waals surface area contributed by atoms with Gasteiger partial charge in [0.2, 0.25) is 0 Å². The molecule has 1 aliphatic rings. The van der Waals surface area contributed by atoms with Gasteiger partial charge in [-0.25, -0.2) is 0 Å². The average Bonchev–Trinajstić information content (AvgIpc) is 3.23. The van der Waals surface area contributed by atoms with Crippen LogP contribution in [0.3, 0.4) is 0 Å². The largest absolute Gasteiger partial charge is 0.503 e. The molecule has 0 aliphatic carbocycles. The molecule has 0 amide bonds. The fourth-order valence-corrected chi connectivity index (χ4v) is 5.07. The molecule has 2 atom stereocenters. The zero-order valence-electron chi connectivity index (χ0n) is 13.4. The van der Waals surface area contributed by atoms with Gasteiger partial charge >= 0.3 is 8.80 Å². The third kappa shape index (κ3) is 6.20. The number of rotatable bonds is 13. The highest BCUT2D eigenvalue weighted by atomic mass is 28.4. The highest BCUT2D eigenvalue weighted by molar-refractivity contribution is 6.62. The second-order valence-electron chi connectivity index (χ2n) is 4.98. The van der Waals surface area contributed by atoms with Crippen LogP contribution in [0.5, 0.6) is 0 Å². The van der Waals surface area contributed by atoms with Crippen molar-refractivity contribution in [2.75, 3.05) is 39.6 Å². The van der Waals surface area contributed by atoms with Crippen LogP contribution in [0, 0.1) is 0 Å². The molecule has 0 aromatic carbocycles. The Balaban J connectivity index is 2.32. The Kier molecular flexibility index (Phi) is 8.91. The van der Waals surface area contributed by atoms with Crippen molar-refractivity contribution in [2.45, 2.75) is 52.2 Å². The van der Waals surface area contributed by atoms with Crippen LogP contribution in [0.4, 0.5) is 0 Å². The van der Waals surface area contributed by atoms with E-state index in [0.717, 1.165) is 32.7 Å². The van der Waals surface area contributed by atoms with E-state index in [1.807, 2.05) is 20.8 Å². The maximum Gasteiger partial charge on any atom is 0.503 e. The molecule has 1 saturated heterocycles. The van der Waals surface area contributed by atoms with E-state index in [1.54, 1.807) is 0 Å². The minimum Gasteiger partial charge on any atom is -0.379 e. The van der Waals surface area contributed by atoms with E-state index < -0.39 is 8.80 Å². The monoisotopic (exact) mass is 306 g/mol. The molecule has 0 spiro atoms. The first-order valence-corrected chi connectivity index (χ1v) is 9.59. The molecule has 1 heterocycles. The van der Waals surface area contributed by atoms with Gasteiger partial charge in [0.05, 0.1) is 13.2 Å². The third-order valence-electron chi connectivity index (χ3n) is 3.27. The minimum atomic E-state index is -2.55. The first-order chi connectivity index (χ1) is 9.68. The van der Waals surface area contributed by atoms with Crippen molar-refractivity contribution in [1.82, 2.24) is 0 Å². The molecule has 1 fully saturated rings. The van der Waals surface area contributed by atoms with Crippen molar-refractivity contribution in [1.29, 1.82) is 0 Å². The summed E-state index contributed by atoms with van der Waals surface area (Å²) < 4.78 is 28.4. The lowest BCUT2D eigenvalue weighted by atomic mass is 10.2. The van der Waals surface area contributed by atoms with Crippen LogP contribution in [0.1, 0.15) is 40.5 Å². The predicted molar refractivity (Wildman–Crippen MR) is 79.8 cm³/mol. The maximum atomic E-state index is 5.91. The Morgan fingerprint density at radius 1 is 1.10 bits per heavy atom. The van der Waals surface area contributed by atoms with Crippen molar-refractivity contribution in [3.05, 3.63) is 0 Å². The highest BCUT2D eigenvalue weighted by Crippen LogP contribution is 2.29. The molecule has 0 aromatic rings. The second kappa shape index (κ2) is 9.86. The zero-order valence-corrected chi connectivity index (χ0v) is 14.4. The Labute approximate surface area is 124 Å². The summed E-state index contributed by atoms with van der Waals surface area (Å²) in [5.74, 6) is 0. The number of hydrogen-bond acceptors (Lipinski definition) is 5. The van der Waals surface area contributed by atoms with E-state index in [0.29, 0.717) is 31.5 Å². The Morgan fingerprint density at radius 3 is 2.10 bits per heavy atom. The molecule has 0 saturated carbocycles. The van der Waals surface area contributed by atoms with Crippen LogP contribution in [0.2, 0.25) is 5.54 Å². The molecule has 0 bridgehead atoms. The molecule has 0 N–H and O–H groups in total.